The lowest BCUT2D eigenvalue weighted by Gasteiger charge is -2.11. The molecule has 0 atom stereocenters. The molecule has 0 spiro atoms. The molecular formula is C17H14IN5O2. The predicted octanol–water partition coefficient (Wildman–Crippen LogP) is 3.38. The summed E-state index contributed by atoms with van der Waals surface area (Å²) in [5.41, 5.74) is 2.36. The first-order valence-electron chi connectivity index (χ1n) is 7.38. The molecule has 3 N–H and O–H groups in total. The number of aromatic nitrogens is 3. The summed E-state index contributed by atoms with van der Waals surface area (Å²) in [6.07, 6.45) is 3.37. The highest BCUT2D eigenvalue weighted by molar-refractivity contribution is 14.1. The average Bonchev–Trinajstić information content (AvgIpc) is 2.62. The molecule has 0 bridgehead atoms. The molecule has 0 aliphatic carbocycles. The zero-order chi connectivity index (χ0) is 17.6. The van der Waals surface area contributed by atoms with Gasteiger partial charge >= 0.3 is 5.97 Å². The summed E-state index contributed by atoms with van der Waals surface area (Å²) >= 11 is 2.23. The lowest BCUT2D eigenvalue weighted by molar-refractivity contribution is -0.134. The molecule has 3 rings (SSSR count). The Kier molecular flexibility index (Phi) is 5.39. The third-order valence-electron chi connectivity index (χ3n) is 3.22. The number of anilines is 3. The molecular weight excluding hydrogens is 433 g/mol. The molecule has 3 aromatic rings. The van der Waals surface area contributed by atoms with Crippen molar-refractivity contribution in [3.63, 3.8) is 0 Å². The van der Waals surface area contributed by atoms with Crippen LogP contribution < -0.4 is 10.6 Å². The maximum atomic E-state index is 10.8. The lowest BCUT2D eigenvalue weighted by atomic mass is 10.2. The number of carboxylic acids is 1. The molecule has 8 heteroatoms. The van der Waals surface area contributed by atoms with Crippen molar-refractivity contribution in [3.8, 4) is 11.3 Å². The van der Waals surface area contributed by atoms with Crippen LogP contribution in [0.2, 0.25) is 0 Å². The number of halogens is 1. The van der Waals surface area contributed by atoms with Crippen molar-refractivity contribution in [2.75, 3.05) is 17.2 Å². The van der Waals surface area contributed by atoms with Gasteiger partial charge in [0.05, 0.1) is 11.4 Å². The van der Waals surface area contributed by atoms with Gasteiger partial charge in [0.25, 0.3) is 0 Å². The highest BCUT2D eigenvalue weighted by atomic mass is 127. The molecule has 0 saturated heterocycles. The number of aliphatic carboxylic acids is 1. The van der Waals surface area contributed by atoms with Gasteiger partial charge in [-0.25, -0.2) is 4.98 Å². The summed E-state index contributed by atoms with van der Waals surface area (Å²) in [5.74, 6) is -0.189. The monoisotopic (exact) mass is 447 g/mol. The SMILES string of the molecule is O=C(O)CNc1nc(Nc2ccccc2I)cc(-c2cccnc2)n1. The highest BCUT2D eigenvalue weighted by Gasteiger charge is 2.09. The second-order valence-electron chi connectivity index (χ2n) is 5.06. The Morgan fingerprint density at radius 1 is 1.16 bits per heavy atom. The van der Waals surface area contributed by atoms with E-state index in [1.165, 1.54) is 0 Å². The lowest BCUT2D eigenvalue weighted by Crippen LogP contribution is -2.15. The van der Waals surface area contributed by atoms with Crippen LogP contribution in [0.4, 0.5) is 17.5 Å². The van der Waals surface area contributed by atoms with E-state index in [1.807, 2.05) is 36.4 Å². The Morgan fingerprint density at radius 3 is 2.72 bits per heavy atom. The minimum atomic E-state index is -0.984. The van der Waals surface area contributed by atoms with Gasteiger partial charge in [-0.1, -0.05) is 12.1 Å². The molecule has 0 aliphatic rings. The molecule has 0 radical (unpaired) electrons. The Hall–Kier alpha value is -2.75. The fraction of sp³-hybridized carbons (Fsp3) is 0.0588. The van der Waals surface area contributed by atoms with E-state index in [2.05, 4.69) is 48.2 Å². The molecule has 2 aromatic heterocycles. The quantitative estimate of drug-likeness (QED) is 0.499. The van der Waals surface area contributed by atoms with Gasteiger partial charge in [0.15, 0.2) is 0 Å². The molecule has 0 unspecified atom stereocenters. The zero-order valence-corrected chi connectivity index (χ0v) is 15.1. The van der Waals surface area contributed by atoms with Gasteiger partial charge in [0.2, 0.25) is 5.95 Å². The molecule has 25 heavy (non-hydrogen) atoms. The van der Waals surface area contributed by atoms with Crippen LogP contribution in [0.1, 0.15) is 0 Å². The number of rotatable bonds is 6. The van der Waals surface area contributed by atoms with E-state index >= 15 is 0 Å². The van der Waals surface area contributed by atoms with E-state index in [-0.39, 0.29) is 12.5 Å². The van der Waals surface area contributed by atoms with E-state index in [4.69, 9.17) is 5.11 Å². The van der Waals surface area contributed by atoms with E-state index in [9.17, 15) is 4.79 Å². The molecule has 0 amide bonds. The minimum absolute atomic E-state index is 0.234. The van der Waals surface area contributed by atoms with E-state index in [0.29, 0.717) is 11.5 Å². The van der Waals surface area contributed by atoms with Gasteiger partial charge in [0.1, 0.15) is 12.4 Å². The van der Waals surface area contributed by atoms with Gasteiger partial charge < -0.3 is 15.7 Å². The zero-order valence-electron chi connectivity index (χ0n) is 13.0. The number of nitrogens with zero attached hydrogens (tertiary/aromatic N) is 3. The Bertz CT molecular complexity index is 889. The van der Waals surface area contributed by atoms with Gasteiger partial charge in [-0.15, -0.1) is 0 Å². The maximum Gasteiger partial charge on any atom is 0.322 e. The Morgan fingerprint density at radius 2 is 2.00 bits per heavy atom. The van der Waals surface area contributed by atoms with E-state index < -0.39 is 5.97 Å². The van der Waals surface area contributed by atoms with Crippen LogP contribution in [0.3, 0.4) is 0 Å². The summed E-state index contributed by atoms with van der Waals surface area (Å²) in [7, 11) is 0. The number of para-hydroxylation sites is 1. The van der Waals surface area contributed by atoms with E-state index in [1.54, 1.807) is 18.5 Å². The van der Waals surface area contributed by atoms with Crippen LogP contribution in [0.15, 0.2) is 54.9 Å². The largest absolute Gasteiger partial charge is 0.480 e. The number of hydrogen-bond acceptors (Lipinski definition) is 6. The van der Waals surface area contributed by atoms with Crippen molar-refractivity contribution in [1.82, 2.24) is 15.0 Å². The summed E-state index contributed by atoms with van der Waals surface area (Å²) in [6, 6.07) is 13.3. The molecule has 0 saturated carbocycles. The standard InChI is InChI=1S/C17H14IN5O2/c18-12-5-1-2-6-13(12)21-15-8-14(11-4-3-7-19-9-11)22-17(23-15)20-10-16(24)25/h1-9H,10H2,(H,24,25)(H2,20,21,22,23). The normalized spacial score (nSPS) is 10.3. The predicted molar refractivity (Wildman–Crippen MR) is 104 cm³/mol. The van der Waals surface area contributed by atoms with Gasteiger partial charge in [0, 0.05) is 27.6 Å². The number of carbonyl (C=O) groups is 1. The first-order valence-corrected chi connectivity index (χ1v) is 8.46. The third kappa shape index (κ3) is 4.63. The smallest absolute Gasteiger partial charge is 0.322 e. The summed E-state index contributed by atoms with van der Waals surface area (Å²) < 4.78 is 1.04. The van der Waals surface area contributed by atoms with Crippen LogP contribution in [0.5, 0.6) is 0 Å². The summed E-state index contributed by atoms with van der Waals surface area (Å²) in [4.78, 5) is 23.6. The third-order valence-corrected chi connectivity index (χ3v) is 4.16. The van der Waals surface area contributed by atoms with Gasteiger partial charge in [-0.2, -0.15) is 4.98 Å². The fourth-order valence-corrected chi connectivity index (χ4v) is 2.63. The maximum absolute atomic E-state index is 10.8. The second-order valence-corrected chi connectivity index (χ2v) is 6.22. The molecule has 0 aliphatic heterocycles. The number of hydrogen-bond donors (Lipinski definition) is 3. The number of benzene rings is 1. The van der Waals surface area contributed by atoms with Crippen LogP contribution in [-0.4, -0.2) is 32.6 Å². The molecule has 7 nitrogen and oxygen atoms in total. The van der Waals surface area contributed by atoms with Crippen LogP contribution >= 0.6 is 22.6 Å². The Balaban J connectivity index is 1.97. The average molecular weight is 447 g/mol. The fourth-order valence-electron chi connectivity index (χ4n) is 2.11. The first kappa shape index (κ1) is 17.1. The van der Waals surface area contributed by atoms with Crippen LogP contribution in [0.25, 0.3) is 11.3 Å². The number of carboxylic acid groups (broad SMARTS) is 1. The molecule has 0 fully saturated rings. The van der Waals surface area contributed by atoms with Crippen molar-refractivity contribution in [1.29, 1.82) is 0 Å². The molecule has 2 heterocycles. The molecule has 126 valence electrons. The van der Waals surface area contributed by atoms with Crippen LogP contribution in [-0.2, 0) is 4.79 Å². The minimum Gasteiger partial charge on any atom is -0.480 e. The first-order chi connectivity index (χ1) is 12.1. The topological polar surface area (TPSA) is 100 Å². The van der Waals surface area contributed by atoms with Crippen molar-refractivity contribution in [2.24, 2.45) is 0 Å². The van der Waals surface area contributed by atoms with Crippen molar-refractivity contribution in [3.05, 3.63) is 58.4 Å². The van der Waals surface area contributed by atoms with Gasteiger partial charge in [-0.05, 0) is 46.9 Å². The summed E-state index contributed by atoms with van der Waals surface area (Å²) in [6.45, 7) is -0.265. The van der Waals surface area contributed by atoms with Gasteiger partial charge in [-0.3, -0.25) is 9.78 Å². The van der Waals surface area contributed by atoms with Crippen LogP contribution in [0, 0.1) is 3.57 Å². The second kappa shape index (κ2) is 7.88. The highest BCUT2D eigenvalue weighted by Crippen LogP contribution is 2.25. The Labute approximate surface area is 157 Å². The van der Waals surface area contributed by atoms with Crippen molar-refractivity contribution >= 4 is 46.0 Å². The number of nitrogens with one attached hydrogen (secondary N) is 2. The molecule has 1 aromatic carbocycles. The van der Waals surface area contributed by atoms with Crippen molar-refractivity contribution < 1.29 is 9.90 Å². The van der Waals surface area contributed by atoms with E-state index in [0.717, 1.165) is 14.8 Å². The summed E-state index contributed by atoms with van der Waals surface area (Å²) in [5, 5.41) is 14.8. The van der Waals surface area contributed by atoms with Crippen molar-refractivity contribution in [2.45, 2.75) is 0 Å². The number of pyridine rings is 1.